The van der Waals surface area contributed by atoms with E-state index in [-0.39, 0.29) is 30.6 Å². The Morgan fingerprint density at radius 2 is 1.89 bits per heavy atom. The molecule has 5 heteroatoms. The molecule has 19 heavy (non-hydrogen) atoms. The molecular formula is C14H17FN2O2. The van der Waals surface area contributed by atoms with Crippen LogP contribution in [0, 0.1) is 5.82 Å². The van der Waals surface area contributed by atoms with Gasteiger partial charge in [-0.3, -0.25) is 14.5 Å². The molecule has 0 unspecified atom stereocenters. The van der Waals surface area contributed by atoms with Crippen molar-refractivity contribution in [1.82, 2.24) is 10.2 Å². The smallest absolute Gasteiger partial charge is 0.234 e. The molecule has 1 N–H and O–H groups in total. The van der Waals surface area contributed by atoms with Crippen LogP contribution in [0.1, 0.15) is 23.2 Å². The van der Waals surface area contributed by atoms with E-state index >= 15 is 0 Å². The minimum atomic E-state index is -0.367. The molecule has 0 saturated heterocycles. The first-order valence-corrected chi connectivity index (χ1v) is 6.31. The van der Waals surface area contributed by atoms with Gasteiger partial charge in [0.25, 0.3) is 0 Å². The van der Waals surface area contributed by atoms with Crippen LogP contribution < -0.4 is 5.32 Å². The second-order valence-electron chi connectivity index (χ2n) is 4.94. The van der Waals surface area contributed by atoms with Gasteiger partial charge in [-0.2, -0.15) is 0 Å². The molecule has 1 aliphatic rings. The van der Waals surface area contributed by atoms with Crippen molar-refractivity contribution in [1.29, 1.82) is 0 Å². The Bertz CT molecular complexity index is 469. The average Bonchev–Trinajstić information content (AvgIpc) is 3.13. The first-order valence-electron chi connectivity index (χ1n) is 6.31. The summed E-state index contributed by atoms with van der Waals surface area (Å²) in [7, 11) is 1.72. The molecule has 0 aromatic heterocycles. The summed E-state index contributed by atoms with van der Waals surface area (Å²) in [6.07, 6.45) is 2.09. The highest BCUT2D eigenvalue weighted by Crippen LogP contribution is 2.18. The minimum Gasteiger partial charge on any atom is -0.352 e. The van der Waals surface area contributed by atoms with Crippen LogP contribution in [0.4, 0.5) is 4.39 Å². The van der Waals surface area contributed by atoms with Crippen LogP contribution >= 0.6 is 0 Å². The van der Waals surface area contributed by atoms with E-state index in [2.05, 4.69) is 5.32 Å². The third kappa shape index (κ3) is 4.44. The van der Waals surface area contributed by atoms with Crippen molar-refractivity contribution < 1.29 is 14.0 Å². The van der Waals surface area contributed by atoms with E-state index in [0.29, 0.717) is 11.6 Å². The van der Waals surface area contributed by atoms with E-state index in [4.69, 9.17) is 0 Å². The zero-order valence-electron chi connectivity index (χ0n) is 10.9. The number of hydrogen-bond donors (Lipinski definition) is 1. The van der Waals surface area contributed by atoms with E-state index < -0.39 is 0 Å². The van der Waals surface area contributed by atoms with Gasteiger partial charge in [0.05, 0.1) is 13.1 Å². The topological polar surface area (TPSA) is 49.4 Å². The average molecular weight is 264 g/mol. The molecule has 0 bridgehead atoms. The minimum absolute atomic E-state index is 0.0584. The van der Waals surface area contributed by atoms with Crippen molar-refractivity contribution in [3.05, 3.63) is 35.6 Å². The number of nitrogens with one attached hydrogen (secondary N) is 1. The first kappa shape index (κ1) is 13.7. The molecule has 1 fully saturated rings. The van der Waals surface area contributed by atoms with Crippen molar-refractivity contribution in [2.24, 2.45) is 0 Å². The molecule has 1 saturated carbocycles. The van der Waals surface area contributed by atoms with E-state index in [0.717, 1.165) is 12.8 Å². The predicted molar refractivity (Wildman–Crippen MR) is 69.4 cm³/mol. The van der Waals surface area contributed by atoms with Crippen LogP contribution in [0.5, 0.6) is 0 Å². The van der Waals surface area contributed by atoms with Crippen molar-refractivity contribution in [3.8, 4) is 0 Å². The molecule has 0 aliphatic heterocycles. The van der Waals surface area contributed by atoms with Gasteiger partial charge < -0.3 is 5.32 Å². The molecule has 0 heterocycles. The molecule has 0 spiro atoms. The normalized spacial score (nSPS) is 14.5. The number of halogens is 1. The van der Waals surface area contributed by atoms with E-state index in [1.165, 1.54) is 24.3 Å². The second kappa shape index (κ2) is 5.93. The lowest BCUT2D eigenvalue weighted by molar-refractivity contribution is -0.121. The molecule has 1 aromatic carbocycles. The fourth-order valence-electron chi connectivity index (χ4n) is 1.77. The van der Waals surface area contributed by atoms with Crippen molar-refractivity contribution in [2.45, 2.75) is 18.9 Å². The standard InChI is InChI=1S/C14H17FN2O2/c1-17(9-14(19)16-12-6-7-12)8-13(18)10-2-4-11(15)5-3-10/h2-5,12H,6-9H2,1H3,(H,16,19). The molecule has 2 rings (SSSR count). The maximum Gasteiger partial charge on any atom is 0.234 e. The molecule has 1 amide bonds. The van der Waals surface area contributed by atoms with Crippen LogP contribution in [0.25, 0.3) is 0 Å². The number of hydrogen-bond acceptors (Lipinski definition) is 3. The van der Waals surface area contributed by atoms with Crippen molar-refractivity contribution in [2.75, 3.05) is 20.1 Å². The number of nitrogens with zero attached hydrogens (tertiary/aromatic N) is 1. The molecule has 4 nitrogen and oxygen atoms in total. The van der Waals surface area contributed by atoms with Gasteiger partial charge in [-0.1, -0.05) is 0 Å². The van der Waals surface area contributed by atoms with Gasteiger partial charge in [-0.05, 0) is 44.2 Å². The summed E-state index contributed by atoms with van der Waals surface area (Å²) in [6.45, 7) is 0.340. The first-order chi connectivity index (χ1) is 9.04. The Morgan fingerprint density at radius 3 is 2.47 bits per heavy atom. The van der Waals surface area contributed by atoms with Gasteiger partial charge in [-0.25, -0.2) is 4.39 Å². The van der Waals surface area contributed by atoms with E-state index in [9.17, 15) is 14.0 Å². The molecule has 102 valence electrons. The Labute approximate surface area is 111 Å². The van der Waals surface area contributed by atoms with Gasteiger partial charge in [0.1, 0.15) is 5.82 Å². The summed E-state index contributed by atoms with van der Waals surface area (Å²) >= 11 is 0. The van der Waals surface area contributed by atoms with E-state index in [1.54, 1.807) is 11.9 Å². The highest BCUT2D eigenvalue weighted by molar-refractivity contribution is 5.97. The fourth-order valence-corrected chi connectivity index (χ4v) is 1.77. The quantitative estimate of drug-likeness (QED) is 0.786. The molecule has 0 radical (unpaired) electrons. The van der Waals surface area contributed by atoms with Crippen molar-refractivity contribution in [3.63, 3.8) is 0 Å². The summed E-state index contributed by atoms with van der Waals surface area (Å²) in [5.41, 5.74) is 0.454. The SMILES string of the molecule is CN(CC(=O)NC1CC1)CC(=O)c1ccc(F)cc1. The number of benzene rings is 1. The number of rotatable bonds is 6. The second-order valence-corrected chi connectivity index (χ2v) is 4.94. The summed E-state index contributed by atoms with van der Waals surface area (Å²) in [5, 5.41) is 2.86. The Morgan fingerprint density at radius 1 is 1.26 bits per heavy atom. The predicted octanol–water partition coefficient (Wildman–Crippen LogP) is 1.22. The fraction of sp³-hybridized carbons (Fsp3) is 0.429. The molecule has 1 aliphatic carbocycles. The zero-order chi connectivity index (χ0) is 13.8. The number of amides is 1. The highest BCUT2D eigenvalue weighted by atomic mass is 19.1. The lowest BCUT2D eigenvalue weighted by Gasteiger charge is -2.15. The molecule has 0 atom stereocenters. The highest BCUT2D eigenvalue weighted by Gasteiger charge is 2.23. The lowest BCUT2D eigenvalue weighted by Crippen LogP contribution is -2.38. The maximum absolute atomic E-state index is 12.7. The number of likely N-dealkylation sites (N-methyl/N-ethyl adjacent to an activating group) is 1. The summed E-state index contributed by atoms with van der Waals surface area (Å²) in [6, 6.07) is 5.75. The van der Waals surface area contributed by atoms with Crippen molar-refractivity contribution >= 4 is 11.7 Å². The third-order valence-corrected chi connectivity index (χ3v) is 2.94. The summed E-state index contributed by atoms with van der Waals surface area (Å²) in [4.78, 5) is 25.1. The van der Waals surface area contributed by atoms with Crippen LogP contribution in [0.15, 0.2) is 24.3 Å². The van der Waals surface area contributed by atoms with Gasteiger partial charge in [0, 0.05) is 11.6 Å². The third-order valence-electron chi connectivity index (χ3n) is 2.94. The van der Waals surface area contributed by atoms with Gasteiger partial charge in [-0.15, -0.1) is 0 Å². The molecular weight excluding hydrogens is 247 g/mol. The van der Waals surface area contributed by atoms with Gasteiger partial charge in [0.15, 0.2) is 5.78 Å². The van der Waals surface area contributed by atoms with Crippen LogP contribution in [-0.4, -0.2) is 42.8 Å². The lowest BCUT2D eigenvalue weighted by atomic mass is 10.1. The van der Waals surface area contributed by atoms with E-state index in [1.807, 2.05) is 0 Å². The maximum atomic E-state index is 12.7. The number of Topliss-reactive ketones (excluding diaryl/α,β-unsaturated/α-hetero) is 1. The Balaban J connectivity index is 1.80. The van der Waals surface area contributed by atoms with Crippen LogP contribution in [-0.2, 0) is 4.79 Å². The van der Waals surface area contributed by atoms with Gasteiger partial charge >= 0.3 is 0 Å². The monoisotopic (exact) mass is 264 g/mol. The van der Waals surface area contributed by atoms with Crippen LogP contribution in [0.2, 0.25) is 0 Å². The number of carbonyl (C=O) groups is 2. The number of ketones is 1. The van der Waals surface area contributed by atoms with Gasteiger partial charge in [0.2, 0.25) is 5.91 Å². The zero-order valence-corrected chi connectivity index (χ0v) is 10.9. The molecule has 1 aromatic rings. The summed E-state index contributed by atoms with van der Waals surface area (Å²) in [5.74, 6) is -0.549. The number of carbonyl (C=O) groups excluding carboxylic acids is 2. The summed E-state index contributed by atoms with van der Waals surface area (Å²) < 4.78 is 12.7. The largest absolute Gasteiger partial charge is 0.352 e. The Hall–Kier alpha value is -1.75. The van der Waals surface area contributed by atoms with Crippen LogP contribution in [0.3, 0.4) is 0 Å². The Kier molecular flexibility index (Phi) is 4.27.